The summed E-state index contributed by atoms with van der Waals surface area (Å²) in [5, 5.41) is 12.1. The second-order valence-corrected chi connectivity index (χ2v) is 5.67. The standard InChI is InChI=1S/C12H20N2OS/c1-9(2)14-5-3-4-11(14)6-12-13-10(7-15)8-16-12/h8-9,11,15H,3-7H2,1-2H3. The molecule has 1 unspecified atom stereocenters. The van der Waals surface area contributed by atoms with Crippen LogP contribution in [-0.2, 0) is 13.0 Å². The fourth-order valence-electron chi connectivity index (χ4n) is 2.47. The van der Waals surface area contributed by atoms with E-state index >= 15 is 0 Å². The largest absolute Gasteiger partial charge is 0.390 e. The zero-order valence-corrected chi connectivity index (χ0v) is 10.8. The minimum absolute atomic E-state index is 0.0645. The summed E-state index contributed by atoms with van der Waals surface area (Å²) < 4.78 is 0. The van der Waals surface area contributed by atoms with Crippen LogP contribution in [0.1, 0.15) is 37.4 Å². The number of rotatable bonds is 4. The fourth-order valence-corrected chi connectivity index (χ4v) is 3.33. The maximum absolute atomic E-state index is 8.99. The van der Waals surface area contributed by atoms with Crippen LogP contribution in [0.4, 0.5) is 0 Å². The molecule has 0 aliphatic carbocycles. The Morgan fingerprint density at radius 1 is 1.62 bits per heavy atom. The van der Waals surface area contributed by atoms with Crippen LogP contribution < -0.4 is 0 Å². The molecule has 1 aromatic rings. The molecule has 0 aromatic carbocycles. The molecule has 0 bridgehead atoms. The van der Waals surface area contributed by atoms with Crippen molar-refractivity contribution in [1.29, 1.82) is 0 Å². The van der Waals surface area contributed by atoms with E-state index in [1.54, 1.807) is 11.3 Å². The Kier molecular flexibility index (Phi) is 3.95. The number of nitrogens with zero attached hydrogens (tertiary/aromatic N) is 2. The van der Waals surface area contributed by atoms with Gasteiger partial charge in [-0.2, -0.15) is 0 Å². The van der Waals surface area contributed by atoms with Gasteiger partial charge in [0.05, 0.1) is 17.3 Å². The minimum atomic E-state index is 0.0645. The van der Waals surface area contributed by atoms with Crippen LogP contribution in [0.25, 0.3) is 0 Å². The zero-order valence-electron chi connectivity index (χ0n) is 10.0. The van der Waals surface area contributed by atoms with Gasteiger partial charge in [0.15, 0.2) is 0 Å². The van der Waals surface area contributed by atoms with Gasteiger partial charge in [-0.3, -0.25) is 4.90 Å². The third kappa shape index (κ3) is 2.62. The van der Waals surface area contributed by atoms with E-state index in [0.717, 1.165) is 12.1 Å². The number of aliphatic hydroxyl groups excluding tert-OH is 1. The lowest BCUT2D eigenvalue weighted by atomic mass is 10.1. The lowest BCUT2D eigenvalue weighted by Crippen LogP contribution is -2.36. The molecular weight excluding hydrogens is 220 g/mol. The first kappa shape index (κ1) is 12.0. The van der Waals surface area contributed by atoms with Gasteiger partial charge in [0.2, 0.25) is 0 Å². The van der Waals surface area contributed by atoms with Crippen molar-refractivity contribution in [2.75, 3.05) is 6.54 Å². The van der Waals surface area contributed by atoms with E-state index in [2.05, 4.69) is 23.7 Å². The summed E-state index contributed by atoms with van der Waals surface area (Å²) in [4.78, 5) is 7.00. The van der Waals surface area contributed by atoms with E-state index in [1.807, 2.05) is 5.38 Å². The van der Waals surface area contributed by atoms with Crippen molar-refractivity contribution < 1.29 is 5.11 Å². The molecule has 90 valence electrons. The molecular formula is C12H20N2OS. The quantitative estimate of drug-likeness (QED) is 0.875. The fraction of sp³-hybridized carbons (Fsp3) is 0.750. The van der Waals surface area contributed by atoms with Crippen LogP contribution >= 0.6 is 11.3 Å². The first-order valence-electron chi connectivity index (χ1n) is 6.00. The maximum Gasteiger partial charge on any atom is 0.0944 e. The highest BCUT2D eigenvalue weighted by Gasteiger charge is 2.27. The van der Waals surface area contributed by atoms with Gasteiger partial charge in [-0.05, 0) is 33.2 Å². The molecule has 3 nitrogen and oxygen atoms in total. The van der Waals surface area contributed by atoms with Crippen LogP contribution in [0.15, 0.2) is 5.38 Å². The highest BCUT2D eigenvalue weighted by Crippen LogP contribution is 2.24. The average molecular weight is 240 g/mol. The number of aliphatic hydroxyl groups is 1. The summed E-state index contributed by atoms with van der Waals surface area (Å²) in [5.74, 6) is 0. The topological polar surface area (TPSA) is 36.4 Å². The third-order valence-electron chi connectivity index (χ3n) is 3.26. The summed E-state index contributed by atoms with van der Waals surface area (Å²) >= 11 is 1.68. The second-order valence-electron chi connectivity index (χ2n) is 4.72. The van der Waals surface area contributed by atoms with E-state index in [9.17, 15) is 0 Å². The van der Waals surface area contributed by atoms with Crippen LogP contribution in [0.2, 0.25) is 0 Å². The van der Waals surface area contributed by atoms with Gasteiger partial charge in [0, 0.05) is 23.9 Å². The summed E-state index contributed by atoms with van der Waals surface area (Å²) in [6, 6.07) is 1.28. The Hall–Kier alpha value is -0.450. The Balaban J connectivity index is 1.98. The predicted molar refractivity (Wildman–Crippen MR) is 66.6 cm³/mol. The van der Waals surface area contributed by atoms with Gasteiger partial charge in [0.1, 0.15) is 0 Å². The molecule has 1 fully saturated rings. The zero-order chi connectivity index (χ0) is 11.5. The normalized spacial score (nSPS) is 22.1. The van der Waals surface area contributed by atoms with Crippen molar-refractivity contribution in [2.24, 2.45) is 0 Å². The third-order valence-corrected chi connectivity index (χ3v) is 4.18. The average Bonchev–Trinajstić information content (AvgIpc) is 2.87. The van der Waals surface area contributed by atoms with Gasteiger partial charge in [-0.25, -0.2) is 4.98 Å². The maximum atomic E-state index is 8.99. The van der Waals surface area contributed by atoms with Gasteiger partial charge in [-0.15, -0.1) is 11.3 Å². The molecule has 0 saturated carbocycles. The smallest absolute Gasteiger partial charge is 0.0944 e. The monoisotopic (exact) mass is 240 g/mol. The highest BCUT2D eigenvalue weighted by atomic mass is 32.1. The van der Waals surface area contributed by atoms with E-state index in [-0.39, 0.29) is 6.61 Å². The molecule has 1 saturated heterocycles. The molecule has 0 spiro atoms. The first-order valence-corrected chi connectivity index (χ1v) is 6.88. The van der Waals surface area contributed by atoms with E-state index < -0.39 is 0 Å². The minimum Gasteiger partial charge on any atom is -0.390 e. The predicted octanol–water partition coefficient (Wildman–Crippen LogP) is 2.05. The number of aromatic nitrogens is 1. The van der Waals surface area contributed by atoms with Gasteiger partial charge >= 0.3 is 0 Å². The lowest BCUT2D eigenvalue weighted by Gasteiger charge is -2.27. The van der Waals surface area contributed by atoms with Crippen LogP contribution in [0.3, 0.4) is 0 Å². The summed E-state index contributed by atoms with van der Waals surface area (Å²) in [7, 11) is 0. The molecule has 1 aliphatic heterocycles. The molecule has 0 amide bonds. The van der Waals surface area contributed by atoms with Crippen molar-refractivity contribution >= 4 is 11.3 Å². The van der Waals surface area contributed by atoms with Crippen LogP contribution in [0, 0.1) is 0 Å². The van der Waals surface area contributed by atoms with Crippen molar-refractivity contribution in [2.45, 2.75) is 51.8 Å². The van der Waals surface area contributed by atoms with Crippen molar-refractivity contribution in [3.05, 3.63) is 16.1 Å². The van der Waals surface area contributed by atoms with E-state index in [0.29, 0.717) is 12.1 Å². The van der Waals surface area contributed by atoms with E-state index in [1.165, 1.54) is 24.4 Å². The van der Waals surface area contributed by atoms with Gasteiger partial charge in [0.25, 0.3) is 0 Å². The Bertz CT molecular complexity index is 338. The summed E-state index contributed by atoms with van der Waals surface area (Å²) in [6.45, 7) is 5.81. The second kappa shape index (κ2) is 5.25. The van der Waals surface area contributed by atoms with Gasteiger partial charge in [-0.1, -0.05) is 0 Å². The van der Waals surface area contributed by atoms with Crippen LogP contribution in [-0.4, -0.2) is 33.6 Å². The number of likely N-dealkylation sites (tertiary alicyclic amines) is 1. The van der Waals surface area contributed by atoms with Gasteiger partial charge < -0.3 is 5.11 Å². The summed E-state index contributed by atoms with van der Waals surface area (Å²) in [6.07, 6.45) is 3.64. The lowest BCUT2D eigenvalue weighted by molar-refractivity contribution is 0.202. The molecule has 4 heteroatoms. The molecule has 2 rings (SSSR count). The van der Waals surface area contributed by atoms with Crippen molar-refractivity contribution in [1.82, 2.24) is 9.88 Å². The number of thiazole rings is 1. The molecule has 1 atom stereocenters. The SMILES string of the molecule is CC(C)N1CCCC1Cc1nc(CO)cs1. The molecule has 1 aromatic heterocycles. The molecule has 1 N–H and O–H groups in total. The molecule has 1 aliphatic rings. The molecule has 0 radical (unpaired) electrons. The van der Waals surface area contributed by atoms with Crippen LogP contribution in [0.5, 0.6) is 0 Å². The van der Waals surface area contributed by atoms with E-state index in [4.69, 9.17) is 5.11 Å². The van der Waals surface area contributed by atoms with Crippen molar-refractivity contribution in [3.63, 3.8) is 0 Å². The first-order chi connectivity index (χ1) is 7.70. The Morgan fingerprint density at radius 3 is 3.06 bits per heavy atom. The number of hydrogen-bond donors (Lipinski definition) is 1. The Morgan fingerprint density at radius 2 is 2.44 bits per heavy atom. The Labute approximate surface area is 101 Å². The molecule has 16 heavy (non-hydrogen) atoms. The number of hydrogen-bond acceptors (Lipinski definition) is 4. The highest BCUT2D eigenvalue weighted by molar-refractivity contribution is 7.09. The molecule has 2 heterocycles. The summed E-state index contributed by atoms with van der Waals surface area (Å²) in [5.41, 5.74) is 0.814. The van der Waals surface area contributed by atoms with Crippen molar-refractivity contribution in [3.8, 4) is 0 Å².